The number of benzene rings is 1. The van der Waals surface area contributed by atoms with Crippen LogP contribution in [0.15, 0.2) is 18.2 Å². The lowest BCUT2D eigenvalue weighted by Gasteiger charge is -2.00. The van der Waals surface area contributed by atoms with Crippen molar-refractivity contribution in [1.82, 2.24) is 0 Å². The van der Waals surface area contributed by atoms with Crippen LogP contribution in [0.25, 0.3) is 0 Å². The van der Waals surface area contributed by atoms with Gasteiger partial charge in [0.2, 0.25) is 0 Å². The Morgan fingerprint density at radius 2 is 2.25 bits per heavy atom. The van der Waals surface area contributed by atoms with Gasteiger partial charge in [0.15, 0.2) is 7.28 Å². The number of carbonyl (C=O) groups is 1. The average Bonchev–Trinajstić information content (AvgIpc) is 2.05. The fraction of sp³-hybridized carbons (Fsp3) is 0.125. The molecule has 0 saturated heterocycles. The molecule has 0 radical (unpaired) electrons. The second kappa shape index (κ2) is 3.63. The standard InChI is InChI=1S/C8H8BClO2/c1-9-5-2-3-7(10)6(4-5)8(11)12/h2-4,9H,1H3,(H,11,12). The highest BCUT2D eigenvalue weighted by atomic mass is 35.5. The van der Waals surface area contributed by atoms with Gasteiger partial charge in [0.1, 0.15) is 0 Å². The Labute approximate surface area is 76.4 Å². The molecule has 0 aliphatic carbocycles. The Morgan fingerprint density at radius 3 is 2.75 bits per heavy atom. The molecular weight excluding hydrogens is 174 g/mol. The summed E-state index contributed by atoms with van der Waals surface area (Å²) in [7, 11) is 0.817. The van der Waals surface area contributed by atoms with Gasteiger partial charge < -0.3 is 5.11 Å². The quantitative estimate of drug-likeness (QED) is 0.697. The topological polar surface area (TPSA) is 37.3 Å². The minimum Gasteiger partial charge on any atom is -0.478 e. The molecule has 0 aliphatic rings. The van der Waals surface area contributed by atoms with Gasteiger partial charge >= 0.3 is 5.97 Å². The molecule has 0 amide bonds. The molecule has 2 nitrogen and oxygen atoms in total. The molecule has 0 aromatic heterocycles. The number of halogens is 1. The number of hydrogen-bond acceptors (Lipinski definition) is 1. The van der Waals surface area contributed by atoms with Crippen molar-refractivity contribution in [3.05, 3.63) is 28.8 Å². The molecule has 0 bridgehead atoms. The van der Waals surface area contributed by atoms with Gasteiger partial charge in [-0.3, -0.25) is 0 Å². The summed E-state index contributed by atoms with van der Waals surface area (Å²) < 4.78 is 0. The third-order valence-corrected chi connectivity index (χ3v) is 2.00. The SMILES string of the molecule is CBc1ccc(Cl)c(C(=O)O)c1. The predicted octanol–water partition coefficient (Wildman–Crippen LogP) is 1.15. The minimum atomic E-state index is -0.977. The Kier molecular flexibility index (Phi) is 2.76. The van der Waals surface area contributed by atoms with E-state index in [9.17, 15) is 4.79 Å². The summed E-state index contributed by atoms with van der Waals surface area (Å²) in [5.41, 5.74) is 1.16. The van der Waals surface area contributed by atoms with Crippen molar-refractivity contribution in [1.29, 1.82) is 0 Å². The van der Waals surface area contributed by atoms with Crippen molar-refractivity contribution in [3.63, 3.8) is 0 Å². The van der Waals surface area contributed by atoms with Gasteiger partial charge in [0.05, 0.1) is 10.6 Å². The maximum Gasteiger partial charge on any atom is 0.337 e. The van der Waals surface area contributed by atoms with E-state index < -0.39 is 5.97 Å². The van der Waals surface area contributed by atoms with Crippen molar-refractivity contribution < 1.29 is 9.90 Å². The molecule has 1 aromatic carbocycles. The molecule has 0 spiro atoms. The van der Waals surface area contributed by atoms with Crippen LogP contribution in [0.5, 0.6) is 0 Å². The third kappa shape index (κ3) is 1.80. The van der Waals surface area contributed by atoms with Gasteiger partial charge in [-0.05, 0) is 6.07 Å². The smallest absolute Gasteiger partial charge is 0.337 e. The summed E-state index contributed by atoms with van der Waals surface area (Å²) in [6.45, 7) is 1.97. The number of aromatic carboxylic acids is 1. The Balaban J connectivity index is 3.17. The summed E-state index contributed by atoms with van der Waals surface area (Å²) in [6, 6.07) is 5.04. The van der Waals surface area contributed by atoms with Crippen LogP contribution in [0.4, 0.5) is 0 Å². The first-order valence-corrected chi connectivity index (χ1v) is 4.04. The molecule has 0 atom stereocenters. The van der Waals surface area contributed by atoms with E-state index in [2.05, 4.69) is 0 Å². The minimum absolute atomic E-state index is 0.177. The van der Waals surface area contributed by atoms with Crippen LogP contribution in [-0.2, 0) is 0 Å². The monoisotopic (exact) mass is 182 g/mol. The maximum atomic E-state index is 10.6. The van der Waals surface area contributed by atoms with Crippen LogP contribution in [0.1, 0.15) is 10.4 Å². The van der Waals surface area contributed by atoms with Crippen LogP contribution in [0, 0.1) is 0 Å². The fourth-order valence-corrected chi connectivity index (χ4v) is 1.15. The van der Waals surface area contributed by atoms with E-state index in [0.717, 1.165) is 12.7 Å². The van der Waals surface area contributed by atoms with Crippen molar-refractivity contribution in [2.24, 2.45) is 0 Å². The molecule has 0 fully saturated rings. The van der Waals surface area contributed by atoms with Crippen LogP contribution in [0.2, 0.25) is 11.8 Å². The molecule has 4 heteroatoms. The highest BCUT2D eigenvalue weighted by Crippen LogP contribution is 2.13. The fourth-order valence-electron chi connectivity index (χ4n) is 0.956. The highest BCUT2D eigenvalue weighted by molar-refractivity contribution is 6.52. The Bertz CT molecular complexity index is 312. The summed E-state index contributed by atoms with van der Waals surface area (Å²) in [6.07, 6.45) is 0. The van der Waals surface area contributed by atoms with E-state index in [-0.39, 0.29) is 5.56 Å². The first-order chi connectivity index (χ1) is 5.65. The number of hydrogen-bond donors (Lipinski definition) is 1. The molecule has 1 aromatic rings. The van der Waals surface area contributed by atoms with Crippen molar-refractivity contribution in [2.45, 2.75) is 6.82 Å². The zero-order valence-electron chi connectivity index (χ0n) is 6.67. The normalized spacial score (nSPS) is 9.50. The molecule has 0 unspecified atom stereocenters. The van der Waals surface area contributed by atoms with Crippen molar-refractivity contribution in [2.75, 3.05) is 0 Å². The lowest BCUT2D eigenvalue weighted by atomic mass is 9.73. The Morgan fingerprint density at radius 1 is 1.58 bits per heavy atom. The van der Waals surface area contributed by atoms with E-state index in [4.69, 9.17) is 16.7 Å². The average molecular weight is 182 g/mol. The lowest BCUT2D eigenvalue weighted by molar-refractivity contribution is 0.0697. The predicted molar refractivity (Wildman–Crippen MR) is 51.1 cm³/mol. The number of carboxylic acid groups (broad SMARTS) is 1. The Hall–Kier alpha value is -0.955. The van der Waals surface area contributed by atoms with Crippen molar-refractivity contribution in [3.8, 4) is 0 Å². The molecule has 12 heavy (non-hydrogen) atoms. The van der Waals surface area contributed by atoms with Gasteiger partial charge in [-0.1, -0.05) is 36.0 Å². The van der Waals surface area contributed by atoms with Crippen LogP contribution >= 0.6 is 11.6 Å². The molecule has 0 aliphatic heterocycles. The second-order valence-electron chi connectivity index (χ2n) is 2.47. The zero-order chi connectivity index (χ0) is 9.14. The third-order valence-electron chi connectivity index (χ3n) is 1.67. The number of rotatable bonds is 2. The summed E-state index contributed by atoms with van der Waals surface area (Å²) in [4.78, 5) is 10.6. The van der Waals surface area contributed by atoms with E-state index in [1.165, 1.54) is 0 Å². The van der Waals surface area contributed by atoms with Crippen LogP contribution in [0.3, 0.4) is 0 Å². The summed E-state index contributed by atoms with van der Waals surface area (Å²) in [5, 5.41) is 8.99. The van der Waals surface area contributed by atoms with Gasteiger partial charge in [-0.15, -0.1) is 0 Å². The van der Waals surface area contributed by atoms with E-state index in [0.29, 0.717) is 5.02 Å². The number of carboxylic acids is 1. The van der Waals surface area contributed by atoms with Crippen LogP contribution < -0.4 is 5.46 Å². The molecule has 0 saturated carbocycles. The summed E-state index contributed by atoms with van der Waals surface area (Å²) >= 11 is 5.67. The first-order valence-electron chi connectivity index (χ1n) is 3.67. The zero-order valence-corrected chi connectivity index (χ0v) is 7.43. The molecule has 62 valence electrons. The highest BCUT2D eigenvalue weighted by Gasteiger charge is 2.08. The van der Waals surface area contributed by atoms with Gasteiger partial charge in [-0.2, -0.15) is 0 Å². The van der Waals surface area contributed by atoms with E-state index in [1.807, 2.05) is 12.9 Å². The summed E-state index contributed by atoms with van der Waals surface area (Å²) in [5.74, 6) is -0.977. The molecular formula is C8H8BClO2. The lowest BCUT2D eigenvalue weighted by Crippen LogP contribution is -2.13. The largest absolute Gasteiger partial charge is 0.478 e. The first kappa shape index (κ1) is 9.14. The van der Waals surface area contributed by atoms with Gasteiger partial charge in [0, 0.05) is 0 Å². The molecule has 1 rings (SSSR count). The van der Waals surface area contributed by atoms with Gasteiger partial charge in [-0.25, -0.2) is 4.79 Å². The van der Waals surface area contributed by atoms with Crippen LogP contribution in [-0.4, -0.2) is 18.4 Å². The van der Waals surface area contributed by atoms with Crippen molar-refractivity contribution >= 4 is 30.3 Å². The van der Waals surface area contributed by atoms with Gasteiger partial charge in [0.25, 0.3) is 0 Å². The molecule has 1 N–H and O–H groups in total. The second-order valence-corrected chi connectivity index (χ2v) is 2.88. The van der Waals surface area contributed by atoms with E-state index >= 15 is 0 Å². The molecule has 0 heterocycles. The van der Waals surface area contributed by atoms with E-state index in [1.54, 1.807) is 12.1 Å². The maximum absolute atomic E-state index is 10.6.